The third kappa shape index (κ3) is 6.03. The number of nitrogens with one attached hydrogen (secondary N) is 1. The minimum Gasteiger partial charge on any atom is -0.376 e. The van der Waals surface area contributed by atoms with Crippen LogP contribution in [0, 0.1) is 5.92 Å². The van der Waals surface area contributed by atoms with Gasteiger partial charge < -0.3 is 9.64 Å². The number of carbonyl (C=O) groups is 1. The fourth-order valence-electron chi connectivity index (χ4n) is 4.34. The Morgan fingerprint density at radius 3 is 2.48 bits per heavy atom. The van der Waals surface area contributed by atoms with Crippen LogP contribution >= 0.6 is 0 Å². The Kier molecular flexibility index (Phi) is 7.71. The monoisotopic (exact) mass is 422 g/mol. The highest BCUT2D eigenvalue weighted by molar-refractivity contribution is 7.89. The van der Waals surface area contributed by atoms with Gasteiger partial charge in [-0.25, -0.2) is 13.1 Å². The van der Waals surface area contributed by atoms with Crippen molar-refractivity contribution >= 4 is 15.9 Å². The largest absolute Gasteiger partial charge is 0.376 e. The zero-order chi connectivity index (χ0) is 20.9. The van der Waals surface area contributed by atoms with E-state index in [4.69, 9.17) is 4.74 Å². The summed E-state index contributed by atoms with van der Waals surface area (Å²) >= 11 is 0. The van der Waals surface area contributed by atoms with Gasteiger partial charge in [0.25, 0.3) is 5.91 Å². The number of benzene rings is 1. The summed E-state index contributed by atoms with van der Waals surface area (Å²) in [5.74, 6) is 0.714. The molecule has 0 spiro atoms. The lowest BCUT2D eigenvalue weighted by atomic mass is 9.89. The van der Waals surface area contributed by atoms with Gasteiger partial charge in [0.15, 0.2) is 0 Å². The third-order valence-corrected chi connectivity index (χ3v) is 7.66. The summed E-state index contributed by atoms with van der Waals surface area (Å²) in [5.41, 5.74) is 0.628. The van der Waals surface area contributed by atoms with Crippen LogP contribution < -0.4 is 4.72 Å². The number of carbonyl (C=O) groups excluding carboxylic acids is 1. The quantitative estimate of drug-likeness (QED) is 0.732. The van der Waals surface area contributed by atoms with E-state index in [-0.39, 0.29) is 29.8 Å². The molecule has 2 aliphatic rings. The zero-order valence-electron chi connectivity index (χ0n) is 17.5. The Labute approximate surface area is 175 Å². The van der Waals surface area contributed by atoms with Crippen molar-refractivity contribution in [3.8, 4) is 0 Å². The topological polar surface area (TPSA) is 75.7 Å². The summed E-state index contributed by atoms with van der Waals surface area (Å²) in [6.45, 7) is 4.89. The molecule has 1 saturated carbocycles. The number of amides is 1. The maximum absolute atomic E-state index is 13.2. The second-order valence-electron chi connectivity index (χ2n) is 8.42. The van der Waals surface area contributed by atoms with Gasteiger partial charge in [0.05, 0.1) is 24.5 Å². The van der Waals surface area contributed by atoms with Crippen molar-refractivity contribution in [2.45, 2.75) is 70.6 Å². The minimum atomic E-state index is -3.36. The van der Waals surface area contributed by atoms with E-state index >= 15 is 0 Å². The van der Waals surface area contributed by atoms with E-state index in [1.807, 2.05) is 35.2 Å². The van der Waals surface area contributed by atoms with E-state index in [2.05, 4.69) is 11.6 Å². The first-order valence-corrected chi connectivity index (χ1v) is 12.5. The predicted molar refractivity (Wildman–Crippen MR) is 114 cm³/mol. The summed E-state index contributed by atoms with van der Waals surface area (Å²) in [4.78, 5) is 15.0. The Hall–Kier alpha value is -1.44. The molecule has 3 rings (SSSR count). The van der Waals surface area contributed by atoms with Gasteiger partial charge in [-0.05, 0) is 63.5 Å². The molecule has 2 atom stereocenters. The van der Waals surface area contributed by atoms with Gasteiger partial charge in [0.1, 0.15) is 0 Å². The lowest BCUT2D eigenvalue weighted by Gasteiger charge is -2.42. The van der Waals surface area contributed by atoms with Gasteiger partial charge in [-0.1, -0.05) is 25.1 Å². The summed E-state index contributed by atoms with van der Waals surface area (Å²) in [5, 5.41) is 0. The lowest BCUT2D eigenvalue weighted by Crippen LogP contribution is -2.59. The van der Waals surface area contributed by atoms with E-state index in [1.165, 1.54) is 0 Å². The van der Waals surface area contributed by atoms with E-state index in [0.29, 0.717) is 25.1 Å². The molecule has 162 valence electrons. The fourth-order valence-corrected chi connectivity index (χ4v) is 5.25. The molecule has 1 aliphatic heterocycles. The lowest BCUT2D eigenvalue weighted by molar-refractivity contribution is -0.0249. The number of hydrogen-bond donors (Lipinski definition) is 1. The Morgan fingerprint density at radius 2 is 1.83 bits per heavy atom. The Bertz CT molecular complexity index is 760. The van der Waals surface area contributed by atoms with Crippen molar-refractivity contribution in [3.05, 3.63) is 35.9 Å². The van der Waals surface area contributed by atoms with E-state index in [1.54, 1.807) is 6.92 Å². The van der Waals surface area contributed by atoms with Crippen LogP contribution in [0.4, 0.5) is 0 Å². The number of nitrogens with zero attached hydrogens (tertiary/aromatic N) is 1. The Morgan fingerprint density at radius 1 is 1.14 bits per heavy atom. The number of rotatable bonds is 7. The van der Waals surface area contributed by atoms with Gasteiger partial charge >= 0.3 is 0 Å². The molecule has 1 heterocycles. The first-order valence-electron chi connectivity index (χ1n) is 10.9. The first kappa shape index (κ1) is 22.2. The molecular weight excluding hydrogens is 388 g/mol. The second-order valence-corrected chi connectivity index (χ2v) is 10.5. The highest BCUT2D eigenvalue weighted by Crippen LogP contribution is 2.27. The standard InChI is InChI=1S/C22H34N2O4S/c1-3-29(26,27)23-20-10-7-15-24(22(25)18-8-5-4-6-9-18)21(20)16-28-19-13-11-17(2)12-14-19/h4-6,8-9,17,19-21,23H,3,7,10-16H2,1-2H3/t17?,19?,20-,21-/m0/s1. The SMILES string of the molecule is CCS(=O)(=O)N[C@H]1CCCN(C(=O)c2ccccc2)[C@H]1COC1CCC(C)CC1. The summed E-state index contributed by atoms with van der Waals surface area (Å²) in [6.07, 6.45) is 6.07. The molecule has 0 unspecified atom stereocenters. The highest BCUT2D eigenvalue weighted by Gasteiger charge is 2.37. The van der Waals surface area contributed by atoms with Crippen LogP contribution in [0.25, 0.3) is 0 Å². The summed E-state index contributed by atoms with van der Waals surface area (Å²) < 4.78 is 33.6. The van der Waals surface area contributed by atoms with E-state index in [9.17, 15) is 13.2 Å². The molecule has 29 heavy (non-hydrogen) atoms. The van der Waals surface area contributed by atoms with Crippen LogP contribution in [-0.2, 0) is 14.8 Å². The minimum absolute atomic E-state index is 0.0320. The van der Waals surface area contributed by atoms with E-state index < -0.39 is 10.0 Å². The average molecular weight is 423 g/mol. The summed E-state index contributed by atoms with van der Waals surface area (Å²) in [6, 6.07) is 8.59. The average Bonchev–Trinajstić information content (AvgIpc) is 2.74. The number of likely N-dealkylation sites (tertiary alicyclic amines) is 1. The van der Waals surface area contributed by atoms with Crippen molar-refractivity contribution in [1.29, 1.82) is 0 Å². The smallest absolute Gasteiger partial charge is 0.254 e. The van der Waals surface area contributed by atoms with Gasteiger partial charge in [-0.2, -0.15) is 0 Å². The molecular formula is C22H34N2O4S. The molecule has 1 saturated heterocycles. The van der Waals surface area contributed by atoms with Gasteiger partial charge in [-0.3, -0.25) is 4.79 Å². The molecule has 0 bridgehead atoms. The highest BCUT2D eigenvalue weighted by atomic mass is 32.2. The number of hydrogen-bond acceptors (Lipinski definition) is 4. The third-order valence-electron chi connectivity index (χ3n) is 6.24. The van der Waals surface area contributed by atoms with Crippen molar-refractivity contribution in [2.75, 3.05) is 18.9 Å². The van der Waals surface area contributed by atoms with Crippen molar-refractivity contribution in [3.63, 3.8) is 0 Å². The first-order chi connectivity index (χ1) is 13.9. The maximum atomic E-state index is 13.2. The van der Waals surface area contributed by atoms with E-state index in [0.717, 1.165) is 38.0 Å². The fraction of sp³-hybridized carbons (Fsp3) is 0.682. The molecule has 0 aromatic heterocycles. The molecule has 1 aromatic rings. The molecule has 2 fully saturated rings. The normalized spacial score (nSPS) is 28.3. The van der Waals surface area contributed by atoms with Crippen molar-refractivity contribution < 1.29 is 17.9 Å². The molecule has 0 radical (unpaired) electrons. The molecule has 1 aliphatic carbocycles. The zero-order valence-corrected chi connectivity index (χ0v) is 18.4. The van der Waals surface area contributed by atoms with Crippen LogP contribution in [0.3, 0.4) is 0 Å². The Balaban J connectivity index is 1.76. The number of ether oxygens (including phenoxy) is 1. The second kappa shape index (κ2) is 10.0. The van der Waals surface area contributed by atoms with Crippen LogP contribution in [-0.4, -0.2) is 56.3 Å². The van der Waals surface area contributed by atoms with Crippen molar-refractivity contribution in [2.24, 2.45) is 5.92 Å². The molecule has 7 heteroatoms. The maximum Gasteiger partial charge on any atom is 0.254 e. The molecule has 6 nitrogen and oxygen atoms in total. The predicted octanol–water partition coefficient (Wildman–Crippen LogP) is 3.19. The van der Waals surface area contributed by atoms with Gasteiger partial charge in [0, 0.05) is 18.2 Å². The van der Waals surface area contributed by atoms with Crippen molar-refractivity contribution in [1.82, 2.24) is 9.62 Å². The number of sulfonamides is 1. The van der Waals surface area contributed by atoms with Crippen LogP contribution in [0.1, 0.15) is 62.7 Å². The van der Waals surface area contributed by atoms with Gasteiger partial charge in [0.2, 0.25) is 10.0 Å². The number of piperidine rings is 1. The molecule has 1 amide bonds. The molecule has 1 N–H and O–H groups in total. The summed E-state index contributed by atoms with van der Waals surface area (Å²) in [7, 11) is -3.36. The van der Waals surface area contributed by atoms with Gasteiger partial charge in [-0.15, -0.1) is 0 Å². The van der Waals surface area contributed by atoms with Crippen LogP contribution in [0.5, 0.6) is 0 Å². The molecule has 1 aromatic carbocycles. The van der Waals surface area contributed by atoms with Crippen LogP contribution in [0.15, 0.2) is 30.3 Å². The van der Waals surface area contributed by atoms with Crippen LogP contribution in [0.2, 0.25) is 0 Å².